The minimum atomic E-state index is -0.513. The number of fused-ring (bicyclic) bond motifs is 3. The third-order valence-corrected chi connectivity index (χ3v) is 2.63. The Morgan fingerprint density at radius 3 is 1.80 bits per heavy atom. The third-order valence-electron chi connectivity index (χ3n) is 2.63. The van der Waals surface area contributed by atoms with E-state index in [1.807, 2.05) is 0 Å². The molecule has 5 heteroatoms. The summed E-state index contributed by atoms with van der Waals surface area (Å²) in [5.41, 5.74) is 0. The molecular weight excluding hydrogens is 200 g/mol. The Hall–Kier alpha value is -1.62. The summed E-state index contributed by atoms with van der Waals surface area (Å²) in [5.74, 6) is -0.850. The highest BCUT2D eigenvalue weighted by molar-refractivity contribution is 5.84. The quantitative estimate of drug-likeness (QED) is 0.512. The Kier molecular flexibility index (Phi) is 1.70. The van der Waals surface area contributed by atoms with Crippen LogP contribution < -0.4 is 0 Å². The molecule has 0 aromatic carbocycles. The number of carbonyl (C=O) groups is 2. The van der Waals surface area contributed by atoms with Crippen LogP contribution in [-0.2, 0) is 23.8 Å². The lowest BCUT2D eigenvalue weighted by atomic mass is 10.0. The van der Waals surface area contributed by atoms with Crippen LogP contribution in [0.4, 0.5) is 0 Å². The summed E-state index contributed by atoms with van der Waals surface area (Å²) in [6.45, 7) is 0. The van der Waals surface area contributed by atoms with Gasteiger partial charge < -0.3 is 14.2 Å². The molecule has 0 bridgehead atoms. The van der Waals surface area contributed by atoms with Crippen molar-refractivity contribution in [1.29, 1.82) is 0 Å². The van der Waals surface area contributed by atoms with Crippen LogP contribution in [0.1, 0.15) is 0 Å². The zero-order chi connectivity index (χ0) is 10.4. The lowest BCUT2D eigenvalue weighted by molar-refractivity contribution is -0.161. The van der Waals surface area contributed by atoms with Crippen molar-refractivity contribution in [2.24, 2.45) is 0 Å². The second-order valence-corrected chi connectivity index (χ2v) is 3.59. The monoisotopic (exact) mass is 208 g/mol. The number of carbonyl (C=O) groups excluding carboxylic acids is 2. The Morgan fingerprint density at radius 2 is 1.33 bits per heavy atom. The molecule has 15 heavy (non-hydrogen) atoms. The van der Waals surface area contributed by atoms with Gasteiger partial charge in [-0.25, -0.2) is 9.59 Å². The molecule has 3 aliphatic heterocycles. The molecule has 3 aliphatic rings. The van der Waals surface area contributed by atoms with Crippen molar-refractivity contribution in [3.63, 3.8) is 0 Å². The van der Waals surface area contributed by atoms with E-state index < -0.39 is 24.1 Å². The van der Waals surface area contributed by atoms with Gasteiger partial charge in [0.15, 0.2) is 12.2 Å². The van der Waals surface area contributed by atoms with Crippen LogP contribution in [0.3, 0.4) is 0 Å². The van der Waals surface area contributed by atoms with Gasteiger partial charge in [0.2, 0.25) is 0 Å². The molecule has 0 amide bonds. The number of ether oxygens (including phenoxy) is 3. The number of hydrogen-bond donors (Lipinski definition) is 0. The summed E-state index contributed by atoms with van der Waals surface area (Å²) in [6.07, 6.45) is 4.27. The first-order valence-electron chi connectivity index (χ1n) is 4.67. The van der Waals surface area contributed by atoms with Crippen molar-refractivity contribution >= 4 is 11.9 Å². The highest BCUT2D eigenvalue weighted by Gasteiger charge is 2.49. The highest BCUT2D eigenvalue weighted by Crippen LogP contribution is 2.32. The SMILES string of the molecule is O=C1C=CC2OC3C=CC(=O)OC3C2O1. The molecule has 0 N–H and O–H groups in total. The summed E-state index contributed by atoms with van der Waals surface area (Å²) < 4.78 is 15.7. The largest absolute Gasteiger partial charge is 0.452 e. The van der Waals surface area contributed by atoms with E-state index in [9.17, 15) is 9.59 Å². The molecule has 0 radical (unpaired) electrons. The summed E-state index contributed by atoms with van der Waals surface area (Å²) >= 11 is 0. The molecule has 1 fully saturated rings. The van der Waals surface area contributed by atoms with Crippen molar-refractivity contribution in [1.82, 2.24) is 0 Å². The molecule has 0 spiro atoms. The van der Waals surface area contributed by atoms with Gasteiger partial charge in [-0.2, -0.15) is 0 Å². The van der Waals surface area contributed by atoms with Gasteiger partial charge in [-0.3, -0.25) is 0 Å². The minimum Gasteiger partial charge on any atom is -0.452 e. The molecule has 0 aliphatic carbocycles. The molecule has 1 saturated heterocycles. The molecule has 0 saturated carbocycles. The lowest BCUT2D eigenvalue weighted by Gasteiger charge is -2.25. The normalized spacial score (nSPS) is 41.9. The van der Waals surface area contributed by atoms with Crippen LogP contribution >= 0.6 is 0 Å². The first kappa shape index (κ1) is 8.67. The maximum Gasteiger partial charge on any atom is 0.331 e. The molecule has 3 heterocycles. The average Bonchev–Trinajstić information content (AvgIpc) is 2.56. The van der Waals surface area contributed by atoms with Crippen molar-refractivity contribution < 1.29 is 23.8 Å². The summed E-state index contributed by atoms with van der Waals surface area (Å²) in [7, 11) is 0. The van der Waals surface area contributed by atoms with Crippen molar-refractivity contribution in [2.45, 2.75) is 24.4 Å². The van der Waals surface area contributed by atoms with Crippen molar-refractivity contribution in [3.8, 4) is 0 Å². The number of hydrogen-bond acceptors (Lipinski definition) is 5. The van der Waals surface area contributed by atoms with E-state index in [1.54, 1.807) is 12.2 Å². The summed E-state index contributed by atoms with van der Waals surface area (Å²) in [5, 5.41) is 0. The van der Waals surface area contributed by atoms with Gasteiger partial charge in [-0.15, -0.1) is 0 Å². The van der Waals surface area contributed by atoms with Gasteiger partial charge in [-0.1, -0.05) is 0 Å². The fourth-order valence-corrected chi connectivity index (χ4v) is 1.98. The predicted octanol–water partition coefficient (Wildman–Crippen LogP) is -0.283. The third kappa shape index (κ3) is 1.27. The number of rotatable bonds is 0. The Morgan fingerprint density at radius 1 is 0.867 bits per heavy atom. The van der Waals surface area contributed by atoms with E-state index in [4.69, 9.17) is 14.2 Å². The van der Waals surface area contributed by atoms with Gasteiger partial charge in [0, 0.05) is 12.2 Å². The van der Waals surface area contributed by atoms with Gasteiger partial charge >= 0.3 is 11.9 Å². The maximum absolute atomic E-state index is 11.0. The predicted molar refractivity (Wildman–Crippen MR) is 46.7 cm³/mol. The van der Waals surface area contributed by atoms with Crippen molar-refractivity contribution in [2.75, 3.05) is 0 Å². The van der Waals surface area contributed by atoms with E-state index >= 15 is 0 Å². The molecule has 0 aromatic heterocycles. The van der Waals surface area contributed by atoms with E-state index in [2.05, 4.69) is 0 Å². The van der Waals surface area contributed by atoms with E-state index in [0.29, 0.717) is 0 Å². The average molecular weight is 208 g/mol. The standard InChI is InChI=1S/C10H8O5/c11-7-3-1-5-9(14-7)10-6(13-5)2-4-8(12)15-10/h1-6,9-10H. The van der Waals surface area contributed by atoms with Crippen LogP contribution in [-0.4, -0.2) is 36.4 Å². The van der Waals surface area contributed by atoms with E-state index in [1.165, 1.54) is 12.2 Å². The van der Waals surface area contributed by atoms with Gasteiger partial charge in [-0.05, 0) is 12.2 Å². The van der Waals surface area contributed by atoms with Gasteiger partial charge in [0.05, 0.1) is 0 Å². The zero-order valence-electron chi connectivity index (χ0n) is 7.66. The molecule has 78 valence electrons. The first-order valence-corrected chi connectivity index (χ1v) is 4.67. The molecule has 4 unspecified atom stereocenters. The van der Waals surface area contributed by atoms with Gasteiger partial charge in [0.1, 0.15) is 12.2 Å². The van der Waals surface area contributed by atoms with Crippen LogP contribution in [0.5, 0.6) is 0 Å². The van der Waals surface area contributed by atoms with Crippen molar-refractivity contribution in [3.05, 3.63) is 24.3 Å². The Bertz CT molecular complexity index is 347. The fraction of sp³-hybridized carbons (Fsp3) is 0.400. The van der Waals surface area contributed by atoms with Crippen LogP contribution in [0, 0.1) is 0 Å². The number of esters is 2. The zero-order valence-corrected chi connectivity index (χ0v) is 7.66. The van der Waals surface area contributed by atoms with Crippen LogP contribution in [0.2, 0.25) is 0 Å². The highest BCUT2D eigenvalue weighted by atomic mass is 16.6. The lowest BCUT2D eigenvalue weighted by Crippen LogP contribution is -2.41. The second-order valence-electron chi connectivity index (χ2n) is 3.59. The maximum atomic E-state index is 11.0. The first-order chi connectivity index (χ1) is 7.24. The summed E-state index contributed by atoms with van der Waals surface area (Å²) in [6, 6.07) is 0. The van der Waals surface area contributed by atoms with Crippen LogP contribution in [0.15, 0.2) is 24.3 Å². The van der Waals surface area contributed by atoms with Crippen LogP contribution in [0.25, 0.3) is 0 Å². The molecule has 4 atom stereocenters. The van der Waals surface area contributed by atoms with Gasteiger partial charge in [0.25, 0.3) is 0 Å². The minimum absolute atomic E-state index is 0.312. The Labute approximate surface area is 85.3 Å². The molecule has 0 aromatic rings. The smallest absolute Gasteiger partial charge is 0.331 e. The Balaban J connectivity index is 1.90. The second kappa shape index (κ2) is 2.93. The summed E-state index contributed by atoms with van der Waals surface area (Å²) in [4.78, 5) is 22.1. The van der Waals surface area contributed by atoms with E-state index in [0.717, 1.165) is 0 Å². The van der Waals surface area contributed by atoms with E-state index in [-0.39, 0.29) is 12.2 Å². The topological polar surface area (TPSA) is 61.8 Å². The molecule has 3 rings (SSSR count). The molecule has 5 nitrogen and oxygen atoms in total. The molecular formula is C10H8O5. The fourth-order valence-electron chi connectivity index (χ4n) is 1.98.